The minimum absolute atomic E-state index is 0.814. The van der Waals surface area contributed by atoms with Crippen LogP contribution in [0, 0.1) is 0 Å². The fraction of sp³-hybridized carbons (Fsp3) is 0.300. The van der Waals surface area contributed by atoms with E-state index in [1.165, 1.54) is 81.1 Å². The van der Waals surface area contributed by atoms with E-state index in [4.69, 9.17) is 9.47 Å². The van der Waals surface area contributed by atoms with Crippen molar-refractivity contribution < 1.29 is 9.47 Å². The van der Waals surface area contributed by atoms with E-state index in [2.05, 4.69) is 98.8 Å². The molecule has 0 unspecified atom stereocenters. The Kier molecular flexibility index (Phi) is 12.5. The van der Waals surface area contributed by atoms with E-state index >= 15 is 0 Å². The second-order valence-corrected chi connectivity index (χ2v) is 19.5. The van der Waals surface area contributed by atoms with Gasteiger partial charge in [-0.25, -0.2) is 0 Å². The van der Waals surface area contributed by atoms with Crippen LogP contribution in [0.5, 0.6) is 0 Å². The standard InChI is InChI=1S/C40H40O2S7/c1-3-5-23-41-25-21-27-7-9-29(43-27)31-11-13-33(45-31)35-15-17-37(47-35)39-19-20-40(49-39)38-18-16-36(48-38)34-14-12-32(46-34)30-10-8-28(44-30)22-26-42-24-6-4-2/h7-20H,3-6,21-26H2,1-2H3. The van der Waals surface area contributed by atoms with Crippen molar-refractivity contribution in [1.29, 1.82) is 0 Å². The van der Waals surface area contributed by atoms with E-state index in [9.17, 15) is 0 Å². The molecule has 0 fully saturated rings. The fourth-order valence-corrected chi connectivity index (χ4v) is 12.9. The molecule has 0 aliphatic heterocycles. The average molecular weight is 777 g/mol. The summed E-state index contributed by atoms with van der Waals surface area (Å²) in [6, 6.07) is 32.0. The van der Waals surface area contributed by atoms with E-state index in [0.717, 1.165) is 52.1 Å². The lowest BCUT2D eigenvalue weighted by atomic mass is 10.3. The van der Waals surface area contributed by atoms with Gasteiger partial charge in [0.1, 0.15) is 0 Å². The van der Waals surface area contributed by atoms with Crippen molar-refractivity contribution >= 4 is 79.4 Å². The van der Waals surface area contributed by atoms with Crippen LogP contribution in [0.3, 0.4) is 0 Å². The van der Waals surface area contributed by atoms with Gasteiger partial charge in [0, 0.05) is 94.3 Å². The summed E-state index contributed by atoms with van der Waals surface area (Å²) < 4.78 is 11.6. The summed E-state index contributed by atoms with van der Waals surface area (Å²) in [4.78, 5) is 18.9. The molecular formula is C40H40O2S7. The highest BCUT2D eigenvalue weighted by molar-refractivity contribution is 7.31. The third-order valence-electron chi connectivity index (χ3n) is 8.08. The van der Waals surface area contributed by atoms with E-state index in [1.54, 1.807) is 0 Å². The third-order valence-corrected chi connectivity index (χ3v) is 17.0. The maximum atomic E-state index is 5.78. The number of hydrogen-bond acceptors (Lipinski definition) is 9. The molecule has 0 aliphatic carbocycles. The molecule has 0 spiro atoms. The average Bonchev–Trinajstić information content (AvgIpc) is 3.96. The van der Waals surface area contributed by atoms with Crippen LogP contribution in [0.15, 0.2) is 84.9 Å². The van der Waals surface area contributed by atoms with Crippen molar-refractivity contribution in [3.8, 4) is 58.5 Å². The van der Waals surface area contributed by atoms with Gasteiger partial charge in [-0.2, -0.15) is 0 Å². The maximum absolute atomic E-state index is 5.78. The largest absolute Gasteiger partial charge is 0.381 e. The van der Waals surface area contributed by atoms with Gasteiger partial charge in [0.25, 0.3) is 0 Å². The van der Waals surface area contributed by atoms with Crippen LogP contribution >= 0.6 is 79.4 Å². The molecule has 7 aromatic heterocycles. The number of hydrogen-bond donors (Lipinski definition) is 0. The molecule has 0 aromatic carbocycles. The first-order chi connectivity index (χ1) is 24.2. The van der Waals surface area contributed by atoms with Crippen LogP contribution in [0.4, 0.5) is 0 Å². The zero-order valence-corrected chi connectivity index (χ0v) is 33.5. The lowest BCUT2D eigenvalue weighted by Gasteiger charge is -2.01. The first kappa shape index (κ1) is 35.2. The lowest BCUT2D eigenvalue weighted by Crippen LogP contribution is -1.98. The Hall–Kier alpha value is -2.18. The SMILES string of the molecule is CCCCOCCc1ccc(-c2ccc(-c3ccc(-c4ccc(-c5ccc(-c6ccc(-c7ccc(CCOCCCC)s7)s6)s5)s4)s3)s2)s1. The Morgan fingerprint density at radius 3 is 0.837 bits per heavy atom. The molecule has 0 saturated carbocycles. The highest BCUT2D eigenvalue weighted by atomic mass is 32.1. The Morgan fingerprint density at radius 2 is 0.571 bits per heavy atom. The van der Waals surface area contributed by atoms with Crippen molar-refractivity contribution in [2.75, 3.05) is 26.4 Å². The topological polar surface area (TPSA) is 18.5 Å². The zero-order chi connectivity index (χ0) is 33.4. The van der Waals surface area contributed by atoms with Crippen molar-refractivity contribution in [2.45, 2.75) is 52.4 Å². The molecule has 0 amide bonds. The predicted octanol–water partition coefficient (Wildman–Crippen LogP) is 14.8. The summed E-state index contributed by atoms with van der Waals surface area (Å²) in [7, 11) is 0. The van der Waals surface area contributed by atoms with Gasteiger partial charge in [-0.05, 0) is 97.8 Å². The van der Waals surface area contributed by atoms with Crippen molar-refractivity contribution in [1.82, 2.24) is 0 Å². The molecular weight excluding hydrogens is 737 g/mol. The highest BCUT2D eigenvalue weighted by Gasteiger charge is 2.15. The molecule has 7 rings (SSSR count). The van der Waals surface area contributed by atoms with Gasteiger partial charge >= 0.3 is 0 Å². The Morgan fingerprint density at radius 1 is 0.327 bits per heavy atom. The molecule has 2 nitrogen and oxygen atoms in total. The minimum atomic E-state index is 0.814. The second-order valence-electron chi connectivity index (χ2n) is 11.8. The lowest BCUT2D eigenvalue weighted by molar-refractivity contribution is 0.134. The Bertz CT molecular complexity index is 1900. The van der Waals surface area contributed by atoms with Gasteiger partial charge in [-0.15, -0.1) is 79.4 Å². The van der Waals surface area contributed by atoms with Crippen molar-refractivity contribution in [3.63, 3.8) is 0 Å². The molecule has 254 valence electrons. The number of ether oxygens (including phenoxy) is 2. The normalized spacial score (nSPS) is 11.6. The number of rotatable bonds is 18. The quantitative estimate of drug-likeness (QED) is 0.0808. The van der Waals surface area contributed by atoms with Gasteiger partial charge in [0.2, 0.25) is 0 Å². The monoisotopic (exact) mass is 776 g/mol. The third kappa shape index (κ3) is 9.01. The molecule has 0 atom stereocenters. The van der Waals surface area contributed by atoms with E-state index in [1.807, 2.05) is 79.4 Å². The number of unbranched alkanes of at least 4 members (excludes halogenated alkanes) is 2. The van der Waals surface area contributed by atoms with Gasteiger partial charge in [-0.1, -0.05) is 26.7 Å². The molecule has 0 saturated heterocycles. The van der Waals surface area contributed by atoms with Gasteiger partial charge in [0.05, 0.1) is 13.2 Å². The Labute approximate surface area is 318 Å². The summed E-state index contributed by atoms with van der Waals surface area (Å²) in [5.74, 6) is 0. The molecule has 49 heavy (non-hydrogen) atoms. The second kappa shape index (κ2) is 17.4. The summed E-state index contributed by atoms with van der Waals surface area (Å²) in [6.07, 6.45) is 6.66. The molecule has 9 heteroatoms. The zero-order valence-electron chi connectivity index (χ0n) is 27.8. The Balaban J connectivity index is 0.962. The summed E-state index contributed by atoms with van der Waals surface area (Å²) in [6.45, 7) is 7.78. The molecule has 0 N–H and O–H groups in total. The van der Waals surface area contributed by atoms with Crippen LogP contribution in [0.2, 0.25) is 0 Å². The van der Waals surface area contributed by atoms with E-state index in [0.29, 0.717) is 0 Å². The highest BCUT2D eigenvalue weighted by Crippen LogP contribution is 2.46. The van der Waals surface area contributed by atoms with Crippen LogP contribution in [-0.2, 0) is 22.3 Å². The van der Waals surface area contributed by atoms with Crippen LogP contribution < -0.4 is 0 Å². The van der Waals surface area contributed by atoms with E-state index < -0.39 is 0 Å². The van der Waals surface area contributed by atoms with Gasteiger partial charge in [-0.3, -0.25) is 0 Å². The van der Waals surface area contributed by atoms with Crippen LogP contribution in [0.25, 0.3) is 58.5 Å². The van der Waals surface area contributed by atoms with Crippen molar-refractivity contribution in [2.24, 2.45) is 0 Å². The summed E-state index contributed by atoms with van der Waals surface area (Å²) >= 11 is 13.3. The summed E-state index contributed by atoms with van der Waals surface area (Å²) in [5.41, 5.74) is 0. The molecule has 0 aliphatic rings. The fourth-order valence-electron chi connectivity index (χ4n) is 5.35. The summed E-state index contributed by atoms with van der Waals surface area (Å²) in [5, 5.41) is 0. The first-order valence-corrected chi connectivity index (χ1v) is 22.7. The van der Waals surface area contributed by atoms with E-state index in [-0.39, 0.29) is 0 Å². The molecule has 7 heterocycles. The van der Waals surface area contributed by atoms with Crippen LogP contribution in [-0.4, -0.2) is 26.4 Å². The van der Waals surface area contributed by atoms with Gasteiger partial charge < -0.3 is 9.47 Å². The maximum Gasteiger partial charge on any atom is 0.0514 e. The van der Waals surface area contributed by atoms with Gasteiger partial charge in [0.15, 0.2) is 0 Å². The minimum Gasteiger partial charge on any atom is -0.381 e. The first-order valence-electron chi connectivity index (χ1n) is 17.0. The predicted molar refractivity (Wildman–Crippen MR) is 223 cm³/mol. The molecule has 0 radical (unpaired) electrons. The number of thiophene rings is 7. The van der Waals surface area contributed by atoms with Crippen LogP contribution in [0.1, 0.15) is 49.3 Å². The molecule has 0 bridgehead atoms. The van der Waals surface area contributed by atoms with Crippen molar-refractivity contribution in [3.05, 3.63) is 94.7 Å². The smallest absolute Gasteiger partial charge is 0.0514 e. The molecule has 7 aromatic rings.